The average molecular weight is 296 g/mol. The summed E-state index contributed by atoms with van der Waals surface area (Å²) in [4.78, 5) is 13.7. The van der Waals surface area contributed by atoms with E-state index >= 15 is 0 Å². The Morgan fingerprint density at radius 3 is 2.60 bits per heavy atom. The van der Waals surface area contributed by atoms with Crippen molar-refractivity contribution in [2.45, 2.75) is 38.6 Å². The molecule has 0 heterocycles. The molecule has 0 aromatic rings. The Kier molecular flexibility index (Phi) is 9.71. The van der Waals surface area contributed by atoms with E-state index in [1.54, 1.807) is 0 Å². The van der Waals surface area contributed by atoms with E-state index in [2.05, 4.69) is 29.1 Å². The summed E-state index contributed by atoms with van der Waals surface area (Å²) in [6.45, 7) is 2.14. The molecule has 0 aromatic carbocycles. The van der Waals surface area contributed by atoms with Gasteiger partial charge < -0.3 is 4.90 Å². The first-order valence-corrected chi connectivity index (χ1v) is 7.99. The number of rotatable bonds is 8. The number of thioether (sulfide) groups is 1. The van der Waals surface area contributed by atoms with E-state index in [9.17, 15) is 4.79 Å². The lowest BCUT2D eigenvalue weighted by atomic mass is 10.2. The minimum atomic E-state index is 0.289. The molecule has 90 valence electrons. The predicted octanol–water partition coefficient (Wildman–Crippen LogP) is 3.15. The van der Waals surface area contributed by atoms with Crippen molar-refractivity contribution in [3.05, 3.63) is 0 Å². The Hall–Kier alpha value is 0.300. The minimum Gasteiger partial charge on any atom is -0.342 e. The van der Waals surface area contributed by atoms with Crippen LogP contribution < -0.4 is 0 Å². The van der Waals surface area contributed by atoms with Crippen LogP contribution in [0.5, 0.6) is 0 Å². The van der Waals surface area contributed by atoms with Crippen LogP contribution in [0.15, 0.2) is 0 Å². The second kappa shape index (κ2) is 9.52. The number of unbranched alkanes of at least 4 members (excludes halogenated alkanes) is 1. The van der Waals surface area contributed by atoms with E-state index in [1.807, 2.05) is 23.7 Å². The zero-order chi connectivity index (χ0) is 11.7. The third-order valence-electron chi connectivity index (χ3n) is 2.55. The molecule has 1 atom stereocenters. The average Bonchev–Trinajstić information content (AvgIpc) is 2.25. The van der Waals surface area contributed by atoms with Gasteiger partial charge in [0.2, 0.25) is 5.91 Å². The van der Waals surface area contributed by atoms with Gasteiger partial charge in [-0.15, -0.1) is 0 Å². The van der Waals surface area contributed by atoms with Gasteiger partial charge in [0.05, 0.1) is 0 Å². The van der Waals surface area contributed by atoms with Crippen LogP contribution in [-0.4, -0.2) is 41.2 Å². The normalized spacial score (nSPS) is 12.5. The summed E-state index contributed by atoms with van der Waals surface area (Å²) < 4.78 is 0. The Labute approximate surface area is 106 Å². The number of carbonyl (C=O) groups excluding carboxylic acids is 1. The number of hydrogen-bond acceptors (Lipinski definition) is 2. The largest absolute Gasteiger partial charge is 0.342 e. The van der Waals surface area contributed by atoms with Gasteiger partial charge in [-0.3, -0.25) is 4.79 Å². The molecule has 1 amide bonds. The van der Waals surface area contributed by atoms with Crippen LogP contribution in [0.25, 0.3) is 0 Å². The minimum absolute atomic E-state index is 0.289. The highest BCUT2D eigenvalue weighted by molar-refractivity contribution is 9.09. The van der Waals surface area contributed by atoms with Gasteiger partial charge in [0.25, 0.3) is 0 Å². The number of alkyl halides is 1. The van der Waals surface area contributed by atoms with Gasteiger partial charge >= 0.3 is 0 Å². The highest BCUT2D eigenvalue weighted by atomic mass is 79.9. The summed E-state index contributed by atoms with van der Waals surface area (Å²) in [6, 6.07) is 0.400. The summed E-state index contributed by atoms with van der Waals surface area (Å²) in [7, 11) is 1.93. The number of nitrogens with zero attached hydrogens (tertiary/aromatic N) is 1. The topological polar surface area (TPSA) is 20.3 Å². The van der Waals surface area contributed by atoms with Gasteiger partial charge in [0, 0.05) is 30.6 Å². The molecule has 15 heavy (non-hydrogen) atoms. The van der Waals surface area contributed by atoms with Crippen molar-refractivity contribution in [1.82, 2.24) is 4.90 Å². The summed E-state index contributed by atoms with van der Waals surface area (Å²) >= 11 is 5.18. The van der Waals surface area contributed by atoms with Crippen molar-refractivity contribution in [2.24, 2.45) is 0 Å². The van der Waals surface area contributed by atoms with E-state index in [4.69, 9.17) is 0 Å². The van der Waals surface area contributed by atoms with Crippen molar-refractivity contribution >= 4 is 33.6 Å². The maximum Gasteiger partial charge on any atom is 0.222 e. The first kappa shape index (κ1) is 15.3. The maximum atomic E-state index is 11.8. The summed E-state index contributed by atoms with van der Waals surface area (Å²) in [5.74, 6) is 1.33. The molecule has 0 aliphatic rings. The van der Waals surface area contributed by atoms with Gasteiger partial charge in [0.15, 0.2) is 0 Å². The highest BCUT2D eigenvalue weighted by Crippen LogP contribution is 2.11. The fourth-order valence-electron chi connectivity index (χ4n) is 1.45. The fraction of sp³-hybridized carbons (Fsp3) is 0.909. The standard InChI is InChI=1S/C11H22BrNOS/c1-4-10(9-15-3)13(2)11(14)7-5-6-8-12/h10H,4-9H2,1-3H3. The SMILES string of the molecule is CCC(CSC)N(C)C(=O)CCCCBr. The molecule has 0 fully saturated rings. The molecule has 0 bridgehead atoms. The molecular weight excluding hydrogens is 274 g/mol. The fourth-order valence-corrected chi connectivity index (χ4v) is 2.69. The second-order valence-corrected chi connectivity index (χ2v) is 5.37. The monoisotopic (exact) mass is 295 g/mol. The zero-order valence-corrected chi connectivity index (χ0v) is 12.4. The van der Waals surface area contributed by atoms with Crippen LogP contribution in [0.4, 0.5) is 0 Å². The van der Waals surface area contributed by atoms with Crippen molar-refractivity contribution in [2.75, 3.05) is 24.4 Å². The highest BCUT2D eigenvalue weighted by Gasteiger charge is 2.16. The van der Waals surface area contributed by atoms with Crippen molar-refractivity contribution < 1.29 is 4.79 Å². The molecular formula is C11H22BrNOS. The van der Waals surface area contributed by atoms with Crippen LogP contribution in [0, 0.1) is 0 Å². The van der Waals surface area contributed by atoms with E-state index in [-0.39, 0.29) is 5.91 Å². The summed E-state index contributed by atoms with van der Waals surface area (Å²) in [5, 5.41) is 0.992. The molecule has 0 saturated carbocycles. The number of carbonyl (C=O) groups is 1. The molecule has 1 unspecified atom stereocenters. The molecule has 0 saturated heterocycles. The lowest BCUT2D eigenvalue weighted by Gasteiger charge is -2.26. The maximum absolute atomic E-state index is 11.8. The number of amides is 1. The quantitative estimate of drug-likeness (QED) is 0.506. The van der Waals surface area contributed by atoms with Crippen LogP contribution in [0.3, 0.4) is 0 Å². The predicted molar refractivity (Wildman–Crippen MR) is 72.9 cm³/mol. The molecule has 0 aliphatic heterocycles. The van der Waals surface area contributed by atoms with E-state index in [0.717, 1.165) is 30.3 Å². The molecule has 2 nitrogen and oxygen atoms in total. The van der Waals surface area contributed by atoms with Crippen LogP contribution in [0.2, 0.25) is 0 Å². The molecule has 0 radical (unpaired) electrons. The zero-order valence-electron chi connectivity index (χ0n) is 9.96. The van der Waals surface area contributed by atoms with Crippen LogP contribution in [0.1, 0.15) is 32.6 Å². The van der Waals surface area contributed by atoms with E-state index in [0.29, 0.717) is 12.5 Å². The lowest BCUT2D eigenvalue weighted by molar-refractivity contribution is -0.131. The van der Waals surface area contributed by atoms with Gasteiger partial charge in [-0.2, -0.15) is 11.8 Å². The number of halogens is 1. The summed E-state index contributed by atoms with van der Waals surface area (Å²) in [5.41, 5.74) is 0. The van der Waals surface area contributed by atoms with E-state index in [1.165, 1.54) is 0 Å². The van der Waals surface area contributed by atoms with Crippen molar-refractivity contribution in [1.29, 1.82) is 0 Å². The molecule has 0 aliphatic carbocycles. The molecule has 0 N–H and O–H groups in total. The molecule has 0 aromatic heterocycles. The molecule has 4 heteroatoms. The first-order chi connectivity index (χ1) is 7.17. The van der Waals surface area contributed by atoms with Gasteiger partial charge in [-0.1, -0.05) is 22.9 Å². The Bertz CT molecular complexity index is 178. The lowest BCUT2D eigenvalue weighted by Crippen LogP contribution is -2.38. The van der Waals surface area contributed by atoms with Crippen molar-refractivity contribution in [3.63, 3.8) is 0 Å². The van der Waals surface area contributed by atoms with Crippen molar-refractivity contribution in [3.8, 4) is 0 Å². The van der Waals surface area contributed by atoms with Gasteiger partial charge in [0.1, 0.15) is 0 Å². The molecule has 0 rings (SSSR count). The number of hydrogen-bond donors (Lipinski definition) is 0. The van der Waals surface area contributed by atoms with Gasteiger partial charge in [-0.05, 0) is 25.5 Å². The molecule has 0 spiro atoms. The third kappa shape index (κ3) is 6.46. The Morgan fingerprint density at radius 1 is 1.47 bits per heavy atom. The second-order valence-electron chi connectivity index (χ2n) is 3.67. The van der Waals surface area contributed by atoms with Crippen LogP contribution >= 0.6 is 27.7 Å². The Balaban J connectivity index is 3.92. The van der Waals surface area contributed by atoms with Crippen LogP contribution in [-0.2, 0) is 4.79 Å². The Morgan fingerprint density at radius 2 is 2.13 bits per heavy atom. The summed E-state index contributed by atoms with van der Waals surface area (Å²) in [6.07, 6.45) is 5.89. The third-order valence-corrected chi connectivity index (χ3v) is 3.82. The first-order valence-electron chi connectivity index (χ1n) is 5.47. The smallest absolute Gasteiger partial charge is 0.222 e. The van der Waals surface area contributed by atoms with E-state index < -0.39 is 0 Å². The van der Waals surface area contributed by atoms with Gasteiger partial charge in [-0.25, -0.2) is 0 Å².